The minimum absolute atomic E-state index is 0.0821. The normalized spacial score (nSPS) is 28.4. The number of rotatable bonds is 4. The van der Waals surface area contributed by atoms with Crippen molar-refractivity contribution >= 4 is 11.7 Å². The highest BCUT2D eigenvalue weighted by molar-refractivity contribution is 5.87. The summed E-state index contributed by atoms with van der Waals surface area (Å²) in [6.45, 7) is 2.37. The van der Waals surface area contributed by atoms with Crippen molar-refractivity contribution in [2.24, 2.45) is 11.8 Å². The fourth-order valence-electron chi connectivity index (χ4n) is 3.69. The Hall–Kier alpha value is -1.42. The molecule has 1 heterocycles. The van der Waals surface area contributed by atoms with Crippen LogP contribution in [0.15, 0.2) is 18.3 Å². The third-order valence-electron chi connectivity index (χ3n) is 4.73. The molecule has 3 atom stereocenters. The minimum atomic E-state index is -0.0821. The molecule has 1 amide bonds. The molecule has 0 spiro atoms. The minimum Gasteiger partial charge on any atom is -0.311 e. The van der Waals surface area contributed by atoms with Crippen LogP contribution in [0.5, 0.6) is 0 Å². The predicted molar refractivity (Wildman–Crippen MR) is 79.2 cm³/mol. The number of carbonyl (C=O) groups excluding carboxylic acids is 1. The highest BCUT2D eigenvalue weighted by Crippen LogP contribution is 2.42. The second-order valence-corrected chi connectivity index (χ2v) is 6.24. The third-order valence-corrected chi connectivity index (χ3v) is 4.73. The smallest absolute Gasteiger partial charge is 0.222 e. The second kappa shape index (κ2) is 5.92. The number of aromatic nitrogens is 1. The molecule has 4 heteroatoms. The van der Waals surface area contributed by atoms with Crippen LogP contribution in [0.2, 0.25) is 0 Å². The van der Waals surface area contributed by atoms with E-state index in [1.54, 1.807) is 0 Å². The first-order valence-corrected chi connectivity index (χ1v) is 7.66. The Morgan fingerprint density at radius 2 is 2.15 bits per heavy atom. The van der Waals surface area contributed by atoms with Gasteiger partial charge >= 0.3 is 0 Å². The molecule has 1 aromatic heterocycles. The van der Waals surface area contributed by atoms with Crippen molar-refractivity contribution in [3.63, 3.8) is 0 Å². The van der Waals surface area contributed by atoms with Crippen molar-refractivity contribution in [3.8, 4) is 0 Å². The van der Waals surface area contributed by atoms with Crippen LogP contribution in [0.1, 0.15) is 44.6 Å². The van der Waals surface area contributed by atoms with E-state index in [-0.39, 0.29) is 5.91 Å². The molecule has 4 nitrogen and oxygen atoms in total. The zero-order valence-electron chi connectivity index (χ0n) is 12.1. The van der Waals surface area contributed by atoms with E-state index in [0.717, 1.165) is 18.4 Å². The fraction of sp³-hybridized carbons (Fsp3) is 0.625. The van der Waals surface area contributed by atoms with Gasteiger partial charge in [0.25, 0.3) is 0 Å². The van der Waals surface area contributed by atoms with Crippen molar-refractivity contribution in [2.45, 2.75) is 51.6 Å². The molecular formula is C16H23N3O. The van der Waals surface area contributed by atoms with Crippen LogP contribution in [-0.2, 0) is 11.3 Å². The molecule has 0 aliphatic heterocycles. The number of pyridine rings is 1. The van der Waals surface area contributed by atoms with Crippen LogP contribution < -0.4 is 10.6 Å². The van der Waals surface area contributed by atoms with Crippen molar-refractivity contribution in [2.75, 3.05) is 5.32 Å². The number of nitrogens with one attached hydrogen (secondary N) is 2. The monoisotopic (exact) mass is 273 g/mol. The molecule has 1 aromatic rings. The van der Waals surface area contributed by atoms with Gasteiger partial charge in [0.05, 0.1) is 0 Å². The summed E-state index contributed by atoms with van der Waals surface area (Å²) in [6, 6.07) is 4.58. The molecular weight excluding hydrogens is 250 g/mol. The quantitative estimate of drug-likeness (QED) is 0.887. The highest BCUT2D eigenvalue weighted by Gasteiger charge is 2.35. The van der Waals surface area contributed by atoms with Gasteiger partial charge in [0.15, 0.2) is 0 Å². The largest absolute Gasteiger partial charge is 0.311 e. The average Bonchev–Trinajstić information content (AvgIpc) is 2.81. The van der Waals surface area contributed by atoms with Gasteiger partial charge in [-0.2, -0.15) is 0 Å². The van der Waals surface area contributed by atoms with Crippen LogP contribution in [0, 0.1) is 11.8 Å². The van der Waals surface area contributed by atoms with Gasteiger partial charge in [0.1, 0.15) is 5.82 Å². The van der Waals surface area contributed by atoms with Crippen LogP contribution in [0.4, 0.5) is 5.82 Å². The van der Waals surface area contributed by atoms with E-state index in [9.17, 15) is 4.79 Å². The van der Waals surface area contributed by atoms with E-state index in [1.165, 1.54) is 44.6 Å². The fourth-order valence-corrected chi connectivity index (χ4v) is 3.69. The Morgan fingerprint density at radius 1 is 1.30 bits per heavy atom. The molecule has 0 saturated heterocycles. The van der Waals surface area contributed by atoms with Crippen molar-refractivity contribution in [1.82, 2.24) is 10.3 Å². The van der Waals surface area contributed by atoms with Gasteiger partial charge in [0, 0.05) is 25.7 Å². The summed E-state index contributed by atoms with van der Waals surface area (Å²) < 4.78 is 0. The predicted octanol–water partition coefficient (Wildman–Crippen LogP) is 2.71. The number of carbonyl (C=O) groups is 1. The standard InChI is InChI=1S/C16H23N3O/c1-11(20)19-16-7-4-13(10-18-16)9-17-15-6-3-12-2-5-14(15)8-12/h4,7,10,12,14-15,17H,2-3,5-6,8-9H2,1H3,(H,18,19,20). The van der Waals surface area contributed by atoms with Gasteiger partial charge in [-0.15, -0.1) is 0 Å². The van der Waals surface area contributed by atoms with Gasteiger partial charge in [-0.05, 0) is 49.1 Å². The molecule has 108 valence electrons. The zero-order chi connectivity index (χ0) is 13.9. The number of nitrogens with zero attached hydrogens (tertiary/aromatic N) is 1. The van der Waals surface area contributed by atoms with E-state index in [0.29, 0.717) is 11.9 Å². The highest BCUT2D eigenvalue weighted by atomic mass is 16.1. The SMILES string of the molecule is CC(=O)Nc1ccc(CNC2CCC3CCC2C3)cn1. The van der Waals surface area contributed by atoms with Crippen molar-refractivity contribution < 1.29 is 4.79 Å². The molecule has 2 aliphatic carbocycles. The van der Waals surface area contributed by atoms with Crippen LogP contribution in [0.25, 0.3) is 0 Å². The lowest BCUT2D eigenvalue weighted by Gasteiger charge is -2.29. The van der Waals surface area contributed by atoms with Gasteiger partial charge < -0.3 is 10.6 Å². The zero-order valence-corrected chi connectivity index (χ0v) is 12.1. The molecule has 3 rings (SSSR count). The van der Waals surface area contributed by atoms with E-state index in [1.807, 2.05) is 18.3 Å². The number of anilines is 1. The summed E-state index contributed by atoms with van der Waals surface area (Å²) >= 11 is 0. The number of hydrogen-bond donors (Lipinski definition) is 2. The molecule has 2 bridgehead atoms. The van der Waals surface area contributed by atoms with E-state index in [4.69, 9.17) is 0 Å². The lowest BCUT2D eigenvalue weighted by atomic mass is 9.85. The van der Waals surface area contributed by atoms with Gasteiger partial charge in [-0.3, -0.25) is 4.79 Å². The Bertz CT molecular complexity index is 471. The number of hydrogen-bond acceptors (Lipinski definition) is 3. The summed E-state index contributed by atoms with van der Waals surface area (Å²) in [5, 5.41) is 6.39. The van der Waals surface area contributed by atoms with E-state index < -0.39 is 0 Å². The molecule has 2 saturated carbocycles. The first kappa shape index (κ1) is 13.6. The first-order chi connectivity index (χ1) is 9.70. The molecule has 0 aromatic carbocycles. The van der Waals surface area contributed by atoms with E-state index in [2.05, 4.69) is 15.6 Å². The van der Waals surface area contributed by atoms with Crippen LogP contribution in [0.3, 0.4) is 0 Å². The summed E-state index contributed by atoms with van der Waals surface area (Å²) in [7, 11) is 0. The summed E-state index contributed by atoms with van der Waals surface area (Å²) in [5.41, 5.74) is 1.18. The van der Waals surface area contributed by atoms with Gasteiger partial charge in [-0.1, -0.05) is 12.5 Å². The molecule has 3 unspecified atom stereocenters. The maximum atomic E-state index is 10.9. The van der Waals surface area contributed by atoms with E-state index >= 15 is 0 Å². The van der Waals surface area contributed by atoms with Crippen molar-refractivity contribution in [3.05, 3.63) is 23.9 Å². The molecule has 0 radical (unpaired) electrons. The summed E-state index contributed by atoms with van der Waals surface area (Å²) in [6.07, 6.45) is 8.84. The second-order valence-electron chi connectivity index (χ2n) is 6.24. The Balaban J connectivity index is 1.51. The maximum absolute atomic E-state index is 10.9. The lowest BCUT2D eigenvalue weighted by molar-refractivity contribution is -0.114. The van der Waals surface area contributed by atoms with Crippen molar-refractivity contribution in [1.29, 1.82) is 0 Å². The first-order valence-electron chi connectivity index (χ1n) is 7.66. The van der Waals surface area contributed by atoms with Crippen LogP contribution in [-0.4, -0.2) is 16.9 Å². The Morgan fingerprint density at radius 3 is 2.90 bits per heavy atom. The number of amides is 1. The lowest BCUT2D eigenvalue weighted by Crippen LogP contribution is -2.37. The average molecular weight is 273 g/mol. The van der Waals surface area contributed by atoms with Gasteiger partial charge in [0.2, 0.25) is 5.91 Å². The molecule has 2 aliphatic rings. The molecule has 2 N–H and O–H groups in total. The molecule has 2 fully saturated rings. The topological polar surface area (TPSA) is 54.0 Å². The maximum Gasteiger partial charge on any atom is 0.222 e. The van der Waals surface area contributed by atoms with Crippen LogP contribution >= 0.6 is 0 Å². The van der Waals surface area contributed by atoms with Gasteiger partial charge in [-0.25, -0.2) is 4.98 Å². The summed E-state index contributed by atoms with van der Waals surface area (Å²) in [5.74, 6) is 2.44. The number of fused-ring (bicyclic) bond motifs is 2. The molecule has 20 heavy (non-hydrogen) atoms. The summed E-state index contributed by atoms with van der Waals surface area (Å²) in [4.78, 5) is 15.2. The Kier molecular flexibility index (Phi) is 4.01. The third kappa shape index (κ3) is 3.18. The Labute approximate surface area is 120 Å².